The third-order valence-electron chi connectivity index (χ3n) is 8.49. The molecular weight excluding hydrogens is 697 g/mol. The number of benzene rings is 2. The average molecular weight is 749 g/mol. The van der Waals surface area contributed by atoms with Crippen LogP contribution >= 0.6 is 0 Å². The van der Waals surface area contributed by atoms with Gasteiger partial charge < -0.3 is 19.7 Å². The first kappa shape index (κ1) is 40.3. The maximum atomic E-state index is 12.5. The summed E-state index contributed by atoms with van der Waals surface area (Å²) in [5, 5.41) is 22.7. The summed E-state index contributed by atoms with van der Waals surface area (Å²) in [5.41, 5.74) is 6.57. The van der Waals surface area contributed by atoms with E-state index < -0.39 is 0 Å². The van der Waals surface area contributed by atoms with E-state index in [0.717, 1.165) is 46.5 Å². The van der Waals surface area contributed by atoms with Crippen molar-refractivity contribution in [3.8, 4) is 22.8 Å². The van der Waals surface area contributed by atoms with Gasteiger partial charge in [0.1, 0.15) is 11.4 Å². The highest BCUT2D eigenvalue weighted by molar-refractivity contribution is 5.93. The third kappa shape index (κ3) is 11.1. The van der Waals surface area contributed by atoms with Gasteiger partial charge in [0.2, 0.25) is 23.4 Å². The summed E-state index contributed by atoms with van der Waals surface area (Å²) in [6.07, 6.45) is 1.72. The van der Waals surface area contributed by atoms with Crippen molar-refractivity contribution >= 4 is 11.8 Å². The molecule has 0 spiro atoms. The second-order valence-electron chi connectivity index (χ2n) is 15.6. The monoisotopic (exact) mass is 748 g/mol. The van der Waals surface area contributed by atoms with E-state index in [0.29, 0.717) is 59.7 Å². The Balaban J connectivity index is 0.000000212. The van der Waals surface area contributed by atoms with Gasteiger partial charge in [-0.05, 0) is 47.9 Å². The fourth-order valence-electron chi connectivity index (χ4n) is 5.67. The molecular formula is C41H52N10O4. The summed E-state index contributed by atoms with van der Waals surface area (Å²) in [6.45, 7) is 17.3. The largest absolute Gasteiger partial charge is 0.347 e. The molecule has 2 N–H and O–H groups in total. The van der Waals surface area contributed by atoms with Crippen LogP contribution in [0.2, 0.25) is 0 Å². The summed E-state index contributed by atoms with van der Waals surface area (Å²) >= 11 is 0. The van der Waals surface area contributed by atoms with Crippen LogP contribution in [-0.2, 0) is 45.4 Å². The fourth-order valence-corrected chi connectivity index (χ4v) is 5.67. The normalized spacial score (nSPS) is 11.5. The van der Waals surface area contributed by atoms with Crippen LogP contribution in [0, 0.1) is 18.8 Å². The van der Waals surface area contributed by atoms with Crippen LogP contribution < -0.4 is 10.6 Å². The van der Waals surface area contributed by atoms with Gasteiger partial charge in [0.05, 0.1) is 11.4 Å². The number of hydrogen-bond donors (Lipinski definition) is 2. The Hall–Kier alpha value is -5.92. The van der Waals surface area contributed by atoms with E-state index in [1.54, 1.807) is 30.4 Å². The summed E-state index contributed by atoms with van der Waals surface area (Å²) in [6, 6.07) is 19.2. The zero-order valence-corrected chi connectivity index (χ0v) is 33.5. The molecule has 55 heavy (non-hydrogen) atoms. The third-order valence-corrected chi connectivity index (χ3v) is 8.49. The molecule has 6 rings (SSSR count). The molecule has 0 radical (unpaired) electrons. The molecule has 0 unspecified atom stereocenters. The number of carbonyl (C=O) groups is 2. The molecule has 0 saturated heterocycles. The van der Waals surface area contributed by atoms with Gasteiger partial charge in [-0.15, -0.1) is 0 Å². The molecule has 14 nitrogen and oxygen atoms in total. The highest BCUT2D eigenvalue weighted by Crippen LogP contribution is 2.24. The molecule has 0 fully saturated rings. The Morgan fingerprint density at radius 2 is 1.09 bits per heavy atom. The minimum atomic E-state index is -0.184. The van der Waals surface area contributed by atoms with Crippen molar-refractivity contribution in [1.82, 2.24) is 50.5 Å². The van der Waals surface area contributed by atoms with Crippen molar-refractivity contribution < 1.29 is 18.6 Å². The van der Waals surface area contributed by atoms with Gasteiger partial charge in [0.25, 0.3) is 11.8 Å². The van der Waals surface area contributed by atoms with Gasteiger partial charge in [-0.3, -0.25) is 19.0 Å². The van der Waals surface area contributed by atoms with E-state index in [9.17, 15) is 9.59 Å². The van der Waals surface area contributed by atoms with Crippen LogP contribution in [0.25, 0.3) is 22.8 Å². The number of carbonyl (C=O) groups excluding carboxylic acids is 2. The Morgan fingerprint density at radius 1 is 0.673 bits per heavy atom. The Morgan fingerprint density at radius 3 is 1.45 bits per heavy atom. The highest BCUT2D eigenvalue weighted by Gasteiger charge is 2.22. The molecule has 6 aromatic rings. The van der Waals surface area contributed by atoms with Crippen LogP contribution in [0.15, 0.2) is 69.7 Å². The fraction of sp³-hybridized carbons (Fsp3) is 0.415. The topological polar surface area (TPSA) is 172 Å². The molecule has 0 saturated carbocycles. The van der Waals surface area contributed by atoms with Crippen LogP contribution in [-0.4, -0.2) is 51.7 Å². The van der Waals surface area contributed by atoms with Crippen LogP contribution in [0.5, 0.6) is 0 Å². The Kier molecular flexibility index (Phi) is 12.8. The van der Waals surface area contributed by atoms with E-state index in [4.69, 9.17) is 9.05 Å². The standard InChI is InChI=1S/C22H29N5O2.C19H23N5O2/c1-14(2)11-17-12-18(27(6)25-17)20(28)23-13-15-7-9-16(10-8-15)19-24-21(29-26-19)22(3,4)5;1-12(2)9-16-10-17(24(4)22-16)19(25)20-11-14-5-7-15(8-6-14)18-21-13(3)26-23-18/h7-10,12,14H,11,13H2,1-6H3,(H,23,28);5-8,10,12H,9,11H2,1-4H3,(H,20,25). The highest BCUT2D eigenvalue weighted by atomic mass is 16.5. The van der Waals surface area contributed by atoms with Crippen molar-refractivity contribution in [2.45, 2.75) is 86.7 Å². The smallest absolute Gasteiger partial charge is 0.269 e. The van der Waals surface area contributed by atoms with Crippen molar-refractivity contribution in [2.24, 2.45) is 25.9 Å². The first-order chi connectivity index (χ1) is 26.0. The maximum absolute atomic E-state index is 12.5. The summed E-state index contributed by atoms with van der Waals surface area (Å²) in [7, 11) is 3.59. The van der Waals surface area contributed by atoms with E-state index in [2.05, 4.69) is 68.8 Å². The number of hydrogen-bond acceptors (Lipinski definition) is 10. The Labute approximate surface area is 322 Å². The zero-order valence-electron chi connectivity index (χ0n) is 33.5. The molecule has 0 aliphatic rings. The molecule has 4 heterocycles. The van der Waals surface area contributed by atoms with Gasteiger partial charge in [-0.25, -0.2) is 0 Å². The van der Waals surface area contributed by atoms with E-state index >= 15 is 0 Å². The summed E-state index contributed by atoms with van der Waals surface area (Å²) in [4.78, 5) is 33.6. The van der Waals surface area contributed by atoms with Gasteiger partial charge in [0.15, 0.2) is 0 Å². The minimum absolute atomic E-state index is 0.132. The lowest BCUT2D eigenvalue weighted by molar-refractivity contribution is 0.0933. The second-order valence-corrected chi connectivity index (χ2v) is 15.6. The molecule has 0 bridgehead atoms. The van der Waals surface area contributed by atoms with Crippen molar-refractivity contribution in [3.63, 3.8) is 0 Å². The van der Waals surface area contributed by atoms with Crippen molar-refractivity contribution in [1.29, 1.82) is 0 Å². The lowest BCUT2D eigenvalue weighted by Crippen LogP contribution is -2.25. The van der Waals surface area contributed by atoms with Gasteiger partial charge in [-0.1, -0.05) is 107 Å². The number of rotatable bonds is 12. The van der Waals surface area contributed by atoms with Crippen LogP contribution in [0.1, 0.15) is 104 Å². The molecule has 4 aromatic heterocycles. The summed E-state index contributed by atoms with van der Waals surface area (Å²) < 4.78 is 13.6. The molecule has 0 aliphatic heterocycles. The van der Waals surface area contributed by atoms with Crippen molar-refractivity contribution in [2.75, 3.05) is 0 Å². The first-order valence-corrected chi connectivity index (χ1v) is 18.5. The SMILES string of the molecule is CC(C)Cc1cc(C(=O)NCc2ccc(-c3noc(C(C)(C)C)n3)cc2)n(C)n1.Cc1nc(-c2ccc(CNC(=O)c3cc(CC(C)C)nn3C)cc2)no1. The predicted octanol–water partition coefficient (Wildman–Crippen LogP) is 6.80. The second kappa shape index (κ2) is 17.5. The molecule has 290 valence electrons. The molecule has 0 aliphatic carbocycles. The summed E-state index contributed by atoms with van der Waals surface area (Å²) in [5.74, 6) is 3.00. The predicted molar refractivity (Wildman–Crippen MR) is 209 cm³/mol. The molecule has 2 aromatic carbocycles. The van der Waals surface area contributed by atoms with Crippen molar-refractivity contribution in [3.05, 3.63) is 106 Å². The number of nitrogens with one attached hydrogen (secondary N) is 2. The van der Waals surface area contributed by atoms with Gasteiger partial charge in [0, 0.05) is 50.7 Å². The molecule has 0 atom stereocenters. The van der Waals surface area contributed by atoms with E-state index in [1.807, 2.05) is 81.4 Å². The number of amides is 2. The van der Waals surface area contributed by atoms with Crippen LogP contribution in [0.3, 0.4) is 0 Å². The number of nitrogens with zero attached hydrogens (tertiary/aromatic N) is 8. The quantitative estimate of drug-likeness (QED) is 0.136. The minimum Gasteiger partial charge on any atom is -0.347 e. The lowest BCUT2D eigenvalue weighted by Gasteiger charge is -2.10. The molecule has 2 amide bonds. The lowest BCUT2D eigenvalue weighted by atomic mass is 9.97. The van der Waals surface area contributed by atoms with E-state index in [1.165, 1.54) is 0 Å². The number of aryl methyl sites for hydroxylation is 3. The maximum Gasteiger partial charge on any atom is 0.269 e. The first-order valence-electron chi connectivity index (χ1n) is 18.5. The average Bonchev–Trinajstić information content (AvgIpc) is 3.94. The number of aromatic nitrogens is 8. The van der Waals surface area contributed by atoms with E-state index in [-0.39, 0.29) is 17.2 Å². The zero-order chi connectivity index (χ0) is 39.9. The van der Waals surface area contributed by atoms with Crippen LogP contribution in [0.4, 0.5) is 0 Å². The molecule has 14 heteroatoms. The van der Waals surface area contributed by atoms with Gasteiger partial charge in [-0.2, -0.15) is 20.2 Å². The Bertz CT molecular complexity index is 2180. The van der Waals surface area contributed by atoms with Gasteiger partial charge >= 0.3 is 0 Å².